The summed E-state index contributed by atoms with van der Waals surface area (Å²) >= 11 is 0. The van der Waals surface area contributed by atoms with Crippen molar-refractivity contribution in [2.24, 2.45) is 0 Å². The van der Waals surface area contributed by atoms with Crippen LogP contribution in [0.1, 0.15) is 54.8 Å². The van der Waals surface area contributed by atoms with Crippen LogP contribution in [0.15, 0.2) is 48.5 Å². The summed E-state index contributed by atoms with van der Waals surface area (Å²) < 4.78 is 31.0. The summed E-state index contributed by atoms with van der Waals surface area (Å²) in [6.07, 6.45) is 2.62. The van der Waals surface area contributed by atoms with Crippen LogP contribution in [-0.2, 0) is 25.4 Å². The number of nitrogens with zero attached hydrogens (tertiary/aromatic N) is 2. The maximum atomic E-state index is 13.7. The van der Waals surface area contributed by atoms with Crippen molar-refractivity contribution < 1.29 is 33.3 Å². The van der Waals surface area contributed by atoms with E-state index in [4.69, 9.17) is 14.2 Å². The zero-order chi connectivity index (χ0) is 26.5. The molecular weight excluding hydrogens is 491 g/mol. The molecule has 3 aliphatic heterocycles. The van der Waals surface area contributed by atoms with E-state index in [1.807, 2.05) is 23.1 Å². The molecule has 0 aliphatic carbocycles. The quantitative estimate of drug-likeness (QED) is 0.577. The predicted molar refractivity (Wildman–Crippen MR) is 137 cm³/mol. The molecule has 5 rings (SSSR count). The highest BCUT2D eigenvalue weighted by Gasteiger charge is 2.39. The summed E-state index contributed by atoms with van der Waals surface area (Å²) in [6.45, 7) is 1.82. The second-order valence-corrected chi connectivity index (χ2v) is 10.1. The van der Waals surface area contributed by atoms with Crippen molar-refractivity contribution in [3.8, 4) is 0 Å². The van der Waals surface area contributed by atoms with Crippen LogP contribution < -0.4 is 0 Å². The number of benzene rings is 2. The van der Waals surface area contributed by atoms with Gasteiger partial charge < -0.3 is 29.1 Å². The van der Waals surface area contributed by atoms with E-state index in [0.717, 1.165) is 36.8 Å². The highest BCUT2D eigenvalue weighted by Crippen LogP contribution is 2.36. The molecule has 3 heterocycles. The lowest BCUT2D eigenvalue weighted by Gasteiger charge is -2.41. The summed E-state index contributed by atoms with van der Waals surface area (Å²) in [5.41, 5.74) is 3.06. The van der Waals surface area contributed by atoms with Crippen LogP contribution in [0.25, 0.3) is 0 Å². The molecule has 0 radical (unpaired) electrons. The number of amides is 2. The van der Waals surface area contributed by atoms with Crippen molar-refractivity contribution in [1.29, 1.82) is 0 Å². The molecule has 2 amide bonds. The lowest BCUT2D eigenvalue weighted by Crippen LogP contribution is -2.52. The van der Waals surface area contributed by atoms with Gasteiger partial charge in [-0.1, -0.05) is 36.4 Å². The SMILES string of the molecule is O=C(O)N(CCOC1CCCCO1)[C@@H]1CC[C@@H](C(=O)N2CCc3ccccc3[C@@H]2c2ccc(F)cc2)OC1. The molecule has 2 aromatic rings. The van der Waals surface area contributed by atoms with Crippen molar-refractivity contribution in [2.75, 3.05) is 32.9 Å². The fourth-order valence-corrected chi connectivity index (χ4v) is 5.73. The largest absolute Gasteiger partial charge is 0.465 e. The monoisotopic (exact) mass is 526 g/mol. The first-order chi connectivity index (χ1) is 18.5. The lowest BCUT2D eigenvalue weighted by molar-refractivity contribution is -0.166. The van der Waals surface area contributed by atoms with E-state index >= 15 is 0 Å². The summed E-state index contributed by atoms with van der Waals surface area (Å²) in [4.78, 5) is 28.9. The molecule has 0 aromatic heterocycles. The summed E-state index contributed by atoms with van der Waals surface area (Å²) in [5.74, 6) is -0.441. The number of carbonyl (C=O) groups excluding carboxylic acids is 1. The molecule has 4 atom stereocenters. The fraction of sp³-hybridized carbons (Fsp3) is 0.517. The third-order valence-corrected chi connectivity index (χ3v) is 7.74. The van der Waals surface area contributed by atoms with Crippen molar-refractivity contribution in [3.05, 3.63) is 71.0 Å². The zero-order valence-corrected chi connectivity index (χ0v) is 21.5. The Bertz CT molecular complexity index is 1100. The Kier molecular flexibility index (Phi) is 8.56. The van der Waals surface area contributed by atoms with Gasteiger partial charge in [-0.25, -0.2) is 9.18 Å². The van der Waals surface area contributed by atoms with Crippen LogP contribution in [0.5, 0.6) is 0 Å². The molecule has 2 saturated heterocycles. The van der Waals surface area contributed by atoms with Crippen molar-refractivity contribution >= 4 is 12.0 Å². The van der Waals surface area contributed by atoms with Gasteiger partial charge in [0.1, 0.15) is 11.9 Å². The fourth-order valence-electron chi connectivity index (χ4n) is 5.73. The Labute approximate surface area is 222 Å². The van der Waals surface area contributed by atoms with Gasteiger partial charge in [0.25, 0.3) is 5.91 Å². The molecule has 1 unspecified atom stereocenters. The van der Waals surface area contributed by atoms with Gasteiger partial charge in [-0.15, -0.1) is 0 Å². The normalized spacial score (nSPS) is 25.4. The Morgan fingerprint density at radius 1 is 1.05 bits per heavy atom. The van der Waals surface area contributed by atoms with Crippen LogP contribution in [0, 0.1) is 5.82 Å². The van der Waals surface area contributed by atoms with Crippen LogP contribution in [0.3, 0.4) is 0 Å². The molecule has 0 spiro atoms. The van der Waals surface area contributed by atoms with E-state index in [9.17, 15) is 19.1 Å². The van der Waals surface area contributed by atoms with E-state index in [2.05, 4.69) is 6.07 Å². The summed E-state index contributed by atoms with van der Waals surface area (Å²) in [5, 5.41) is 9.80. The van der Waals surface area contributed by atoms with Gasteiger partial charge in [0, 0.05) is 19.7 Å². The molecule has 1 N–H and O–H groups in total. The van der Waals surface area contributed by atoms with Gasteiger partial charge in [-0.05, 0) is 67.3 Å². The molecular formula is C29H35FN2O6. The van der Waals surface area contributed by atoms with E-state index in [0.29, 0.717) is 26.0 Å². The average Bonchev–Trinajstić information content (AvgIpc) is 2.95. The lowest BCUT2D eigenvalue weighted by atomic mass is 9.87. The van der Waals surface area contributed by atoms with E-state index in [-0.39, 0.29) is 49.9 Å². The number of carbonyl (C=O) groups is 2. The Morgan fingerprint density at radius 2 is 1.87 bits per heavy atom. The molecule has 204 valence electrons. The zero-order valence-electron chi connectivity index (χ0n) is 21.5. The molecule has 38 heavy (non-hydrogen) atoms. The van der Waals surface area contributed by atoms with Crippen LogP contribution in [-0.4, -0.2) is 78.3 Å². The standard InChI is InChI=1S/C29H35FN2O6/c30-22-10-8-21(9-11-22)27-24-6-2-1-5-20(24)14-15-32(27)28(33)25-13-12-23(19-38-25)31(29(34)35)16-18-37-26-7-3-4-17-36-26/h1-2,5-6,8-11,23,25-27H,3-4,7,12-19H2,(H,34,35)/t23-,25+,26?,27+/m1/s1. The van der Waals surface area contributed by atoms with Gasteiger partial charge >= 0.3 is 6.09 Å². The number of fused-ring (bicyclic) bond motifs is 1. The Morgan fingerprint density at radius 3 is 2.58 bits per heavy atom. The first-order valence-electron chi connectivity index (χ1n) is 13.5. The molecule has 8 nitrogen and oxygen atoms in total. The smallest absolute Gasteiger partial charge is 0.407 e. The average molecular weight is 527 g/mol. The Hall–Kier alpha value is -3.01. The molecule has 2 fully saturated rings. The van der Waals surface area contributed by atoms with E-state index in [1.54, 1.807) is 12.1 Å². The molecule has 9 heteroatoms. The number of rotatable bonds is 7. The number of ether oxygens (including phenoxy) is 3. The highest BCUT2D eigenvalue weighted by atomic mass is 19.1. The van der Waals surface area contributed by atoms with Gasteiger partial charge in [0.15, 0.2) is 6.29 Å². The van der Waals surface area contributed by atoms with Crippen molar-refractivity contribution in [2.45, 2.75) is 63.0 Å². The van der Waals surface area contributed by atoms with Gasteiger partial charge in [-0.3, -0.25) is 4.79 Å². The number of halogens is 1. The first-order valence-corrected chi connectivity index (χ1v) is 13.5. The summed E-state index contributed by atoms with van der Waals surface area (Å²) in [6, 6.07) is 13.6. The second-order valence-electron chi connectivity index (χ2n) is 10.1. The minimum Gasteiger partial charge on any atom is -0.465 e. The highest BCUT2D eigenvalue weighted by molar-refractivity contribution is 5.82. The van der Waals surface area contributed by atoms with E-state index < -0.39 is 12.2 Å². The van der Waals surface area contributed by atoms with Gasteiger partial charge in [0.2, 0.25) is 0 Å². The topological polar surface area (TPSA) is 88.5 Å². The van der Waals surface area contributed by atoms with Gasteiger partial charge in [0.05, 0.1) is 25.3 Å². The van der Waals surface area contributed by atoms with Crippen molar-refractivity contribution in [1.82, 2.24) is 9.80 Å². The first kappa shape index (κ1) is 26.6. The predicted octanol–water partition coefficient (Wildman–Crippen LogP) is 4.37. The molecule has 2 aromatic carbocycles. The maximum absolute atomic E-state index is 13.7. The molecule has 0 bridgehead atoms. The van der Waals surface area contributed by atoms with Crippen LogP contribution in [0.4, 0.5) is 9.18 Å². The van der Waals surface area contributed by atoms with Crippen LogP contribution in [0.2, 0.25) is 0 Å². The number of carboxylic acid groups (broad SMARTS) is 1. The summed E-state index contributed by atoms with van der Waals surface area (Å²) in [7, 11) is 0. The molecule has 0 saturated carbocycles. The second kappa shape index (κ2) is 12.2. The maximum Gasteiger partial charge on any atom is 0.407 e. The third-order valence-electron chi connectivity index (χ3n) is 7.74. The van der Waals surface area contributed by atoms with Crippen LogP contribution >= 0.6 is 0 Å². The third kappa shape index (κ3) is 6.00. The Balaban J connectivity index is 1.22. The molecule has 3 aliphatic rings. The minimum atomic E-state index is -1.03. The van der Waals surface area contributed by atoms with Gasteiger partial charge in [-0.2, -0.15) is 0 Å². The minimum absolute atomic E-state index is 0.119. The number of hydrogen-bond acceptors (Lipinski definition) is 5. The van der Waals surface area contributed by atoms with Crippen molar-refractivity contribution in [3.63, 3.8) is 0 Å². The van der Waals surface area contributed by atoms with E-state index in [1.165, 1.54) is 22.6 Å². The number of hydrogen-bond donors (Lipinski definition) is 1.